The van der Waals surface area contributed by atoms with Gasteiger partial charge in [0, 0.05) is 42.6 Å². The Morgan fingerprint density at radius 1 is 0.973 bits per heavy atom. The number of urea groups is 2. The zero-order valence-electron chi connectivity index (χ0n) is 20.2. The van der Waals surface area contributed by atoms with Crippen LogP contribution in [-0.2, 0) is 6.54 Å². The first-order valence-corrected chi connectivity index (χ1v) is 12.0. The Bertz CT molecular complexity index is 1440. The number of ether oxygens (including phenoxy) is 1. The minimum atomic E-state index is -0.565. The lowest BCUT2D eigenvalue weighted by Crippen LogP contribution is -2.50. The lowest BCUT2D eigenvalue weighted by atomic mass is 9.83. The number of methoxy groups -OCH3 is 1. The summed E-state index contributed by atoms with van der Waals surface area (Å²) in [4.78, 5) is 40.4. The molecule has 3 N–H and O–H groups in total. The van der Waals surface area contributed by atoms with Crippen molar-refractivity contribution in [3.63, 3.8) is 0 Å². The van der Waals surface area contributed by atoms with Crippen molar-refractivity contribution in [1.82, 2.24) is 9.47 Å². The van der Waals surface area contributed by atoms with Crippen LogP contribution in [0.15, 0.2) is 65.5 Å². The van der Waals surface area contributed by atoms with E-state index in [1.54, 1.807) is 71.2 Å². The number of pyridine rings is 1. The number of nitrogens with zero attached hydrogens (tertiary/aromatic N) is 3. The van der Waals surface area contributed by atoms with Crippen LogP contribution in [-0.4, -0.2) is 41.7 Å². The van der Waals surface area contributed by atoms with Gasteiger partial charge >= 0.3 is 12.1 Å². The van der Waals surface area contributed by atoms with E-state index < -0.39 is 6.03 Å². The Labute approximate surface area is 213 Å². The number of benzene rings is 2. The summed E-state index contributed by atoms with van der Waals surface area (Å²) in [7, 11) is 1.59. The van der Waals surface area contributed by atoms with Crippen LogP contribution >= 0.6 is 0 Å². The molecule has 0 aliphatic carbocycles. The molecule has 2 aromatic carbocycles. The van der Waals surface area contributed by atoms with E-state index in [0.29, 0.717) is 42.3 Å². The fourth-order valence-corrected chi connectivity index (χ4v) is 5.03. The van der Waals surface area contributed by atoms with Crippen LogP contribution in [0.3, 0.4) is 0 Å². The van der Waals surface area contributed by atoms with Crippen molar-refractivity contribution >= 4 is 29.1 Å². The fraction of sp³-hybridized carbons (Fsp3) is 0.259. The molecule has 2 aliphatic heterocycles. The van der Waals surface area contributed by atoms with Crippen LogP contribution in [0.4, 0.5) is 26.7 Å². The molecule has 1 aromatic heterocycles. The second kappa shape index (κ2) is 10.1. The highest BCUT2D eigenvalue weighted by atomic mass is 16.5. The average molecular weight is 499 g/mol. The zero-order chi connectivity index (χ0) is 25.9. The number of fused-ring (bicyclic) bond motifs is 4. The monoisotopic (exact) mass is 498 g/mol. The molecule has 10 nitrogen and oxygen atoms in total. The molecule has 3 heterocycles. The van der Waals surface area contributed by atoms with Crippen LogP contribution < -0.4 is 26.2 Å². The third kappa shape index (κ3) is 5.11. The molecule has 0 unspecified atom stereocenters. The molecular weight excluding hydrogens is 472 g/mol. The van der Waals surface area contributed by atoms with Gasteiger partial charge in [0.15, 0.2) is 0 Å². The highest BCUT2D eigenvalue weighted by Crippen LogP contribution is 2.35. The minimum Gasteiger partial charge on any atom is -0.497 e. The van der Waals surface area contributed by atoms with Gasteiger partial charge in [-0.1, -0.05) is 6.07 Å². The third-order valence-corrected chi connectivity index (χ3v) is 6.73. The molecule has 10 heteroatoms. The van der Waals surface area contributed by atoms with Crippen LogP contribution in [0.1, 0.15) is 23.6 Å². The van der Waals surface area contributed by atoms with Crippen molar-refractivity contribution in [2.24, 2.45) is 5.92 Å². The Balaban J connectivity index is 1.27. The van der Waals surface area contributed by atoms with Gasteiger partial charge in [0.25, 0.3) is 5.56 Å². The van der Waals surface area contributed by atoms with Gasteiger partial charge < -0.3 is 30.2 Å². The Morgan fingerprint density at radius 3 is 2.54 bits per heavy atom. The molecular formula is C27H26N6O4. The smallest absolute Gasteiger partial charge is 0.323 e. The molecule has 0 saturated carbocycles. The number of carbonyl (C=O) groups is 2. The van der Waals surface area contributed by atoms with Crippen LogP contribution in [0.5, 0.6) is 5.75 Å². The summed E-state index contributed by atoms with van der Waals surface area (Å²) >= 11 is 0. The first-order chi connectivity index (χ1) is 17.9. The Morgan fingerprint density at radius 2 is 1.78 bits per heavy atom. The van der Waals surface area contributed by atoms with Gasteiger partial charge in [-0.15, -0.1) is 0 Å². The quantitative estimate of drug-likeness (QED) is 0.500. The first kappa shape index (κ1) is 23.9. The number of nitrogens with one attached hydrogen (secondary N) is 3. The number of rotatable bonds is 4. The Kier molecular flexibility index (Phi) is 6.51. The highest BCUT2D eigenvalue weighted by molar-refractivity contribution is 5.99. The number of amides is 4. The molecule has 2 atom stereocenters. The highest BCUT2D eigenvalue weighted by Gasteiger charge is 2.36. The number of hydrogen-bond donors (Lipinski definition) is 3. The van der Waals surface area contributed by atoms with Crippen LogP contribution in [0, 0.1) is 17.2 Å². The van der Waals surface area contributed by atoms with E-state index in [4.69, 9.17) is 10.00 Å². The molecule has 37 heavy (non-hydrogen) atoms. The van der Waals surface area contributed by atoms with E-state index in [1.165, 1.54) is 0 Å². The zero-order valence-corrected chi connectivity index (χ0v) is 20.2. The summed E-state index contributed by atoms with van der Waals surface area (Å²) in [5, 5.41) is 17.2. The molecule has 188 valence electrons. The maximum atomic E-state index is 13.2. The number of piperidine rings is 1. The molecule has 1 saturated heterocycles. The van der Waals surface area contributed by atoms with E-state index in [1.807, 2.05) is 12.1 Å². The van der Waals surface area contributed by atoms with Crippen molar-refractivity contribution < 1.29 is 14.3 Å². The van der Waals surface area contributed by atoms with Crippen LogP contribution in [0.2, 0.25) is 0 Å². The standard InChI is InChI=1S/C27H26N6O4/c1-37-22-7-5-20(6-8-22)30-27(36)32-14-18-11-19(16-32)24-10-9-23(25(34)33(24)15-18)31-26(35)29-21-4-2-3-17(12-21)13-28/h2-10,12,18-19H,11,14-16H2,1H3,(H,30,36)(H2,29,31,35)/t18-,19-/m1/s1. The van der Waals surface area contributed by atoms with Crippen molar-refractivity contribution in [2.75, 3.05) is 36.1 Å². The molecule has 1 fully saturated rings. The minimum absolute atomic E-state index is 0.0263. The van der Waals surface area contributed by atoms with Crippen molar-refractivity contribution in [3.8, 4) is 11.8 Å². The van der Waals surface area contributed by atoms with Gasteiger partial charge in [-0.2, -0.15) is 5.26 Å². The maximum absolute atomic E-state index is 13.2. The number of likely N-dealkylation sites (tertiary alicyclic amines) is 1. The van der Waals surface area contributed by atoms with E-state index in [9.17, 15) is 14.4 Å². The van der Waals surface area contributed by atoms with Gasteiger partial charge in [-0.25, -0.2) is 9.59 Å². The van der Waals surface area contributed by atoms with E-state index in [0.717, 1.165) is 12.1 Å². The predicted molar refractivity (Wildman–Crippen MR) is 139 cm³/mol. The van der Waals surface area contributed by atoms with E-state index >= 15 is 0 Å². The molecule has 0 radical (unpaired) electrons. The summed E-state index contributed by atoms with van der Waals surface area (Å²) < 4.78 is 6.87. The SMILES string of the molecule is COc1ccc(NC(=O)N2C[C@H]3C[C@H](C2)c2ccc(NC(=O)Nc4cccc(C#N)c4)c(=O)n2C3)cc1. The molecule has 5 rings (SSSR count). The van der Waals surface area contributed by atoms with Crippen LogP contribution in [0.25, 0.3) is 0 Å². The lowest BCUT2D eigenvalue weighted by Gasteiger charge is -2.42. The summed E-state index contributed by atoms with van der Waals surface area (Å²) in [6, 6.07) is 18.4. The summed E-state index contributed by atoms with van der Waals surface area (Å²) in [5.74, 6) is 0.869. The number of anilines is 3. The largest absolute Gasteiger partial charge is 0.497 e. The van der Waals surface area contributed by atoms with Crippen molar-refractivity contribution in [3.05, 3.63) is 82.3 Å². The van der Waals surface area contributed by atoms with Gasteiger partial charge in [0.05, 0.1) is 18.7 Å². The second-order valence-electron chi connectivity index (χ2n) is 9.22. The van der Waals surface area contributed by atoms with Gasteiger partial charge in [0.2, 0.25) is 0 Å². The number of carbonyl (C=O) groups excluding carboxylic acids is 2. The molecule has 4 amide bonds. The van der Waals surface area contributed by atoms with Gasteiger partial charge in [-0.05, 0) is 66.9 Å². The number of hydrogen-bond acceptors (Lipinski definition) is 5. The predicted octanol–water partition coefficient (Wildman–Crippen LogP) is 4.02. The Hall–Kier alpha value is -4.78. The molecule has 2 bridgehead atoms. The van der Waals surface area contributed by atoms with Crippen molar-refractivity contribution in [1.29, 1.82) is 5.26 Å². The summed E-state index contributed by atoms with van der Waals surface area (Å²) in [5.41, 5.74) is 2.32. The lowest BCUT2D eigenvalue weighted by molar-refractivity contribution is 0.139. The van der Waals surface area contributed by atoms with Gasteiger partial charge in [0.1, 0.15) is 11.4 Å². The molecule has 0 spiro atoms. The molecule has 2 aliphatic rings. The van der Waals surface area contributed by atoms with Crippen molar-refractivity contribution in [2.45, 2.75) is 18.9 Å². The normalized spacial score (nSPS) is 17.7. The molecule has 3 aromatic rings. The first-order valence-electron chi connectivity index (χ1n) is 12.0. The number of nitriles is 1. The summed E-state index contributed by atoms with van der Waals surface area (Å²) in [6.45, 7) is 1.51. The maximum Gasteiger partial charge on any atom is 0.323 e. The van der Waals surface area contributed by atoms with Gasteiger partial charge in [-0.3, -0.25) is 4.79 Å². The second-order valence-corrected chi connectivity index (χ2v) is 9.22. The number of aromatic nitrogens is 1. The summed E-state index contributed by atoms with van der Waals surface area (Å²) in [6.07, 6.45) is 0.897. The third-order valence-electron chi connectivity index (χ3n) is 6.73. The topological polar surface area (TPSA) is 128 Å². The average Bonchev–Trinajstić information content (AvgIpc) is 2.91. The van der Waals surface area contributed by atoms with E-state index in [2.05, 4.69) is 16.0 Å². The fourth-order valence-electron chi connectivity index (χ4n) is 5.03. The van der Waals surface area contributed by atoms with E-state index in [-0.39, 0.29) is 29.1 Å².